The molecule has 1 N–H and O–H groups in total. The highest BCUT2D eigenvalue weighted by atomic mass is 32.2. The van der Waals surface area contributed by atoms with Crippen LogP contribution in [0.25, 0.3) is 0 Å². The van der Waals surface area contributed by atoms with Gasteiger partial charge in [0.1, 0.15) is 11.6 Å². The van der Waals surface area contributed by atoms with Crippen molar-refractivity contribution in [2.45, 2.75) is 18.4 Å². The molecule has 29 heavy (non-hydrogen) atoms. The Bertz CT molecular complexity index is 1150. The van der Waals surface area contributed by atoms with E-state index in [2.05, 4.69) is 9.71 Å². The molecule has 0 bridgehead atoms. The van der Waals surface area contributed by atoms with E-state index in [0.717, 1.165) is 6.07 Å². The van der Waals surface area contributed by atoms with Crippen LogP contribution in [-0.4, -0.2) is 18.3 Å². The number of non-ortho nitro benzene ring substituents is 1. The monoisotopic (exact) mass is 417 g/mol. The van der Waals surface area contributed by atoms with Crippen LogP contribution in [-0.2, 0) is 16.6 Å². The maximum absolute atomic E-state index is 13.0. The van der Waals surface area contributed by atoms with Gasteiger partial charge >= 0.3 is 0 Å². The van der Waals surface area contributed by atoms with E-state index < -0.39 is 20.8 Å². The average molecular weight is 417 g/mol. The van der Waals surface area contributed by atoms with Crippen LogP contribution in [0.4, 0.5) is 10.1 Å². The Morgan fingerprint density at radius 2 is 1.86 bits per heavy atom. The number of nitrogens with zero attached hydrogens (tertiary/aromatic N) is 2. The zero-order valence-electron chi connectivity index (χ0n) is 15.2. The number of nitro groups is 1. The van der Waals surface area contributed by atoms with Crippen molar-refractivity contribution in [3.8, 4) is 11.6 Å². The van der Waals surface area contributed by atoms with Crippen LogP contribution < -0.4 is 9.46 Å². The number of benzene rings is 2. The lowest BCUT2D eigenvalue weighted by Crippen LogP contribution is -2.24. The van der Waals surface area contributed by atoms with Crippen molar-refractivity contribution in [1.82, 2.24) is 9.71 Å². The standard InChI is InChI=1S/C19H16FN3O5S/c1-13-10-16(23(24)25)4-7-18(13)29(26,27)22-12-14-8-9-21-19(11-14)28-17-5-2-15(20)3-6-17/h2-11,22H,12H2,1H3. The molecule has 2 aromatic carbocycles. The number of aromatic nitrogens is 1. The highest BCUT2D eigenvalue weighted by Gasteiger charge is 2.19. The molecule has 1 aromatic heterocycles. The lowest BCUT2D eigenvalue weighted by Gasteiger charge is -2.10. The van der Waals surface area contributed by atoms with Crippen LogP contribution in [0.15, 0.2) is 65.7 Å². The Balaban J connectivity index is 1.72. The van der Waals surface area contributed by atoms with Gasteiger partial charge < -0.3 is 4.74 Å². The molecule has 0 aliphatic carbocycles. The zero-order valence-corrected chi connectivity index (χ0v) is 16.0. The Morgan fingerprint density at radius 3 is 2.52 bits per heavy atom. The normalized spacial score (nSPS) is 11.2. The number of sulfonamides is 1. The highest BCUT2D eigenvalue weighted by Crippen LogP contribution is 2.22. The summed E-state index contributed by atoms with van der Waals surface area (Å²) in [5.74, 6) is 0.216. The average Bonchev–Trinajstić information content (AvgIpc) is 2.68. The number of nitro benzene ring substituents is 1. The fourth-order valence-corrected chi connectivity index (χ4v) is 3.79. The molecule has 0 fully saturated rings. The van der Waals surface area contributed by atoms with E-state index in [1.165, 1.54) is 49.5 Å². The van der Waals surface area contributed by atoms with Gasteiger partial charge in [0.25, 0.3) is 5.69 Å². The van der Waals surface area contributed by atoms with Crippen LogP contribution in [0.5, 0.6) is 11.6 Å². The number of aryl methyl sites for hydroxylation is 1. The third-order valence-corrected chi connectivity index (χ3v) is 5.52. The van der Waals surface area contributed by atoms with Gasteiger partial charge in [-0.3, -0.25) is 10.1 Å². The van der Waals surface area contributed by atoms with Crippen LogP contribution in [0.2, 0.25) is 0 Å². The van der Waals surface area contributed by atoms with Crippen molar-refractivity contribution < 1.29 is 22.5 Å². The summed E-state index contributed by atoms with van der Waals surface area (Å²) >= 11 is 0. The van der Waals surface area contributed by atoms with Crippen molar-refractivity contribution in [3.63, 3.8) is 0 Å². The Morgan fingerprint density at radius 1 is 1.14 bits per heavy atom. The van der Waals surface area contributed by atoms with Crippen molar-refractivity contribution >= 4 is 15.7 Å². The molecule has 0 spiro atoms. The van der Waals surface area contributed by atoms with Crippen molar-refractivity contribution in [1.29, 1.82) is 0 Å². The molecule has 0 unspecified atom stereocenters. The first-order valence-corrected chi connectivity index (χ1v) is 9.86. The maximum atomic E-state index is 13.0. The second-order valence-electron chi connectivity index (χ2n) is 6.09. The molecule has 10 heteroatoms. The van der Waals surface area contributed by atoms with Crippen LogP contribution in [0.3, 0.4) is 0 Å². The van der Waals surface area contributed by atoms with Crippen LogP contribution >= 0.6 is 0 Å². The van der Waals surface area contributed by atoms with Crippen molar-refractivity contribution in [3.05, 3.63) is 87.9 Å². The molecule has 0 saturated carbocycles. The predicted molar refractivity (Wildman–Crippen MR) is 103 cm³/mol. The molecule has 0 saturated heterocycles. The summed E-state index contributed by atoms with van der Waals surface area (Å²) in [5, 5.41) is 10.8. The van der Waals surface area contributed by atoms with E-state index in [1.807, 2.05) is 0 Å². The third kappa shape index (κ3) is 5.12. The number of nitrogens with one attached hydrogen (secondary N) is 1. The topological polar surface area (TPSA) is 111 Å². The van der Waals surface area contributed by atoms with E-state index in [0.29, 0.717) is 11.3 Å². The SMILES string of the molecule is Cc1cc([N+](=O)[O-])ccc1S(=O)(=O)NCc1ccnc(Oc2ccc(F)cc2)c1. The van der Waals surface area contributed by atoms with Gasteiger partial charge in [0, 0.05) is 30.9 Å². The van der Waals surface area contributed by atoms with E-state index in [-0.39, 0.29) is 28.6 Å². The number of halogens is 1. The van der Waals surface area contributed by atoms with Gasteiger partial charge in [0.05, 0.1) is 9.82 Å². The van der Waals surface area contributed by atoms with Gasteiger partial charge in [-0.15, -0.1) is 0 Å². The maximum Gasteiger partial charge on any atom is 0.269 e. The fraction of sp³-hybridized carbons (Fsp3) is 0.105. The van der Waals surface area contributed by atoms with E-state index in [9.17, 15) is 22.9 Å². The molecule has 0 atom stereocenters. The van der Waals surface area contributed by atoms with Gasteiger partial charge in [-0.05, 0) is 54.4 Å². The van der Waals surface area contributed by atoms with E-state index in [4.69, 9.17) is 4.74 Å². The van der Waals surface area contributed by atoms with Crippen molar-refractivity contribution in [2.24, 2.45) is 0 Å². The first kappa shape index (κ1) is 20.4. The molecule has 0 aliphatic rings. The highest BCUT2D eigenvalue weighted by molar-refractivity contribution is 7.89. The predicted octanol–water partition coefficient (Wildman–Crippen LogP) is 3.71. The van der Waals surface area contributed by atoms with Crippen LogP contribution in [0.1, 0.15) is 11.1 Å². The van der Waals surface area contributed by atoms with Gasteiger partial charge in [-0.2, -0.15) is 0 Å². The molecule has 0 radical (unpaired) electrons. The number of hydrogen-bond acceptors (Lipinski definition) is 6. The smallest absolute Gasteiger partial charge is 0.269 e. The van der Waals surface area contributed by atoms with Gasteiger partial charge in [0.2, 0.25) is 15.9 Å². The minimum absolute atomic E-state index is 0.0406. The second-order valence-corrected chi connectivity index (χ2v) is 7.83. The largest absolute Gasteiger partial charge is 0.439 e. The molecule has 3 rings (SSSR count). The Labute approximate surface area is 166 Å². The van der Waals surface area contributed by atoms with E-state index >= 15 is 0 Å². The van der Waals surface area contributed by atoms with Crippen molar-refractivity contribution in [2.75, 3.05) is 0 Å². The molecule has 1 heterocycles. The summed E-state index contributed by atoms with van der Waals surface area (Å²) in [5.41, 5.74) is 0.667. The number of hydrogen-bond donors (Lipinski definition) is 1. The van der Waals surface area contributed by atoms with Gasteiger partial charge in [-0.25, -0.2) is 22.5 Å². The first-order valence-electron chi connectivity index (χ1n) is 8.38. The summed E-state index contributed by atoms with van der Waals surface area (Å²) in [6.45, 7) is 1.45. The Hall–Kier alpha value is -3.37. The summed E-state index contributed by atoms with van der Waals surface area (Å²) in [6, 6.07) is 12.1. The summed E-state index contributed by atoms with van der Waals surface area (Å²) in [4.78, 5) is 14.2. The molecular formula is C19H16FN3O5S. The molecule has 3 aromatic rings. The minimum atomic E-state index is -3.88. The minimum Gasteiger partial charge on any atom is -0.439 e. The summed E-state index contributed by atoms with van der Waals surface area (Å²) in [7, 11) is -3.88. The zero-order chi connectivity index (χ0) is 21.0. The van der Waals surface area contributed by atoms with Crippen LogP contribution in [0, 0.1) is 22.9 Å². The molecule has 8 nitrogen and oxygen atoms in total. The first-order chi connectivity index (χ1) is 13.7. The molecule has 0 aliphatic heterocycles. The molecular weight excluding hydrogens is 401 g/mol. The van der Waals surface area contributed by atoms with Gasteiger partial charge in [0.15, 0.2) is 0 Å². The molecule has 150 valence electrons. The number of pyridine rings is 1. The Kier molecular flexibility index (Phi) is 5.85. The molecule has 0 amide bonds. The lowest BCUT2D eigenvalue weighted by atomic mass is 10.2. The van der Waals surface area contributed by atoms with E-state index in [1.54, 1.807) is 12.1 Å². The quantitative estimate of drug-likeness (QED) is 0.463. The third-order valence-electron chi connectivity index (χ3n) is 3.96. The second kappa shape index (κ2) is 8.33. The number of rotatable bonds is 7. The summed E-state index contributed by atoms with van der Waals surface area (Å²) < 4.78 is 46.0. The number of ether oxygens (including phenoxy) is 1. The summed E-state index contributed by atoms with van der Waals surface area (Å²) in [6.07, 6.45) is 1.46. The lowest BCUT2D eigenvalue weighted by molar-refractivity contribution is -0.385. The van der Waals surface area contributed by atoms with Gasteiger partial charge in [-0.1, -0.05) is 0 Å². The fourth-order valence-electron chi connectivity index (χ4n) is 2.54.